The average Bonchev–Trinajstić information content (AvgIpc) is 3.28. The van der Waals surface area contributed by atoms with E-state index >= 15 is 0 Å². The number of hydrogen-bond acceptors (Lipinski definition) is 26. The molecule has 31 heteroatoms. The van der Waals surface area contributed by atoms with Gasteiger partial charge in [0.05, 0.1) is 15.1 Å². The number of hydrogen-bond donors (Lipinski definition) is 0. The number of rotatable bonds is 19. The van der Waals surface area contributed by atoms with Gasteiger partial charge in [-0.2, -0.15) is 0 Å². The third-order valence-corrected chi connectivity index (χ3v) is 12.5. The average molecular weight is 1170 g/mol. The second kappa shape index (κ2) is 27.8. The molecule has 1 aromatic rings. The highest BCUT2D eigenvalue weighted by Gasteiger charge is 2.60. The molecule has 3 aliphatic heterocycles. The molecular formula is C44H51Cl5O26. The van der Waals surface area contributed by atoms with Crippen LogP contribution >= 0.6 is 58.0 Å². The molecule has 15 atom stereocenters. The molecule has 1 aromatic carbocycles. The molecule has 26 nitrogen and oxygen atoms in total. The van der Waals surface area contributed by atoms with Crippen molar-refractivity contribution in [3.63, 3.8) is 0 Å². The van der Waals surface area contributed by atoms with Crippen LogP contribution in [0, 0.1) is 0 Å². The summed E-state index contributed by atoms with van der Waals surface area (Å²) in [5, 5.41) is -1.80. The van der Waals surface area contributed by atoms with Crippen LogP contribution in [0.2, 0.25) is 25.1 Å². The maximum absolute atomic E-state index is 13.1. The number of ether oxygens (including phenoxy) is 16. The van der Waals surface area contributed by atoms with Gasteiger partial charge in [-0.1, -0.05) is 58.0 Å². The van der Waals surface area contributed by atoms with Gasteiger partial charge >= 0.3 is 59.7 Å². The Kier molecular flexibility index (Phi) is 23.2. The lowest BCUT2D eigenvalue weighted by Crippen LogP contribution is -2.69. The minimum Gasteiger partial charge on any atom is -0.463 e. The van der Waals surface area contributed by atoms with Crippen LogP contribution < -0.4 is 4.74 Å². The Hall–Kier alpha value is -5.03. The summed E-state index contributed by atoms with van der Waals surface area (Å²) in [6.45, 7) is 7.34. The van der Waals surface area contributed by atoms with E-state index in [1.54, 1.807) is 0 Å². The number of benzene rings is 1. The van der Waals surface area contributed by atoms with E-state index in [0.29, 0.717) is 0 Å². The SMILES string of the molecule is CC(=O)OC[C@H]1O[C@H](O[C@H]2[C@H](OC(C)=O)[C@@H](OC(C)=O)[C@@H](O[C@H]3[C@H](OC(C)=O)[C@@H](OC(C)=O)C(Oc4c(Cl)c(Cl)c(Cl)c(Cl)c4Cl)O[C@@H]3COC(C)=O)O[C@@H]2COC(C)=O)[C@H](OC(C)=O)[C@@H](OC(C)=O)[C@@H]1OC(C)=O. The van der Waals surface area contributed by atoms with Crippen LogP contribution in [0.25, 0.3) is 0 Å². The van der Waals surface area contributed by atoms with Crippen LogP contribution in [0.1, 0.15) is 69.2 Å². The predicted octanol–water partition coefficient (Wildman–Crippen LogP) is 3.49. The Morgan fingerprint density at radius 2 is 0.560 bits per heavy atom. The summed E-state index contributed by atoms with van der Waals surface area (Å²) in [6.07, 6.45) is -28.2. The summed E-state index contributed by atoms with van der Waals surface area (Å²) in [6, 6.07) is 0. The van der Waals surface area contributed by atoms with Crippen LogP contribution in [0.4, 0.5) is 0 Å². The molecule has 0 amide bonds. The Morgan fingerprint density at radius 3 is 0.867 bits per heavy atom. The van der Waals surface area contributed by atoms with E-state index in [9.17, 15) is 47.9 Å². The summed E-state index contributed by atoms with van der Waals surface area (Å²) < 4.78 is 92.6. The van der Waals surface area contributed by atoms with Crippen molar-refractivity contribution in [1.29, 1.82) is 0 Å². The predicted molar refractivity (Wildman–Crippen MR) is 247 cm³/mol. The van der Waals surface area contributed by atoms with Crippen LogP contribution in [0.15, 0.2) is 0 Å². The Morgan fingerprint density at radius 1 is 0.320 bits per heavy atom. The third kappa shape index (κ3) is 17.2. The van der Waals surface area contributed by atoms with Crippen molar-refractivity contribution in [3.8, 4) is 5.75 Å². The second-order valence-electron chi connectivity index (χ2n) is 16.3. The Labute approximate surface area is 451 Å². The van der Waals surface area contributed by atoms with Gasteiger partial charge in [0.25, 0.3) is 0 Å². The minimum atomic E-state index is -2.12. The second-order valence-corrected chi connectivity index (χ2v) is 18.2. The first-order chi connectivity index (χ1) is 35.0. The highest BCUT2D eigenvalue weighted by atomic mass is 35.5. The highest BCUT2D eigenvalue weighted by Crippen LogP contribution is 2.49. The van der Waals surface area contributed by atoms with Crippen molar-refractivity contribution in [1.82, 2.24) is 0 Å². The fourth-order valence-electron chi connectivity index (χ4n) is 7.66. The first kappa shape index (κ1) is 62.5. The Balaban J connectivity index is 1.95. The van der Waals surface area contributed by atoms with Gasteiger partial charge in [-0.05, 0) is 0 Å². The summed E-state index contributed by atoms with van der Waals surface area (Å²) in [5.41, 5.74) is 0. The molecule has 1 unspecified atom stereocenters. The van der Waals surface area contributed by atoms with Gasteiger partial charge in [-0.3, -0.25) is 47.9 Å². The maximum atomic E-state index is 13.1. The van der Waals surface area contributed by atoms with Gasteiger partial charge in [-0.15, -0.1) is 0 Å². The molecule has 3 heterocycles. The van der Waals surface area contributed by atoms with Crippen molar-refractivity contribution >= 4 is 118 Å². The molecule has 3 aliphatic rings. The van der Waals surface area contributed by atoms with Gasteiger partial charge in [0, 0.05) is 69.2 Å². The molecule has 418 valence electrons. The summed E-state index contributed by atoms with van der Waals surface area (Å²) in [5.74, 6) is -10.5. The number of carbonyl (C=O) groups excluding carboxylic acids is 10. The quantitative estimate of drug-likeness (QED) is 0.0828. The standard InChI is InChI=1S/C44H51Cl5O26/c1-14(50)60-11-24-32(63-17(4)53)36(64-18(5)54)39(67-21(8)57)42(70-24)73-33-25(12-61-15(2)51)71-43(40(68-22(9)58)37(33)65-19(6)55)74-34-26(13-62-16(3)52)72-44(41(69-23(10)59)38(34)66-20(7)56)75-35-30(48)28(46)27(45)29(47)31(35)49/h24-26,32-34,36-44H,11-13H2,1-10H3/t24-,25-,26-,32-,33-,34-,36+,37+,38+,39-,40-,41-,42-,43-,44?/m1/s1. The van der Waals surface area contributed by atoms with E-state index in [1.807, 2.05) is 0 Å². The lowest BCUT2D eigenvalue weighted by Gasteiger charge is -2.50. The zero-order chi connectivity index (χ0) is 56.3. The van der Waals surface area contributed by atoms with Gasteiger partial charge in [-0.25, -0.2) is 0 Å². The topological polar surface area (TPSA) is 318 Å². The molecule has 0 N–H and O–H groups in total. The van der Waals surface area contributed by atoms with E-state index in [0.717, 1.165) is 69.2 Å². The first-order valence-electron chi connectivity index (χ1n) is 22.1. The zero-order valence-electron chi connectivity index (χ0n) is 41.3. The van der Waals surface area contributed by atoms with Crippen LogP contribution in [-0.4, -0.2) is 172 Å². The molecule has 3 fully saturated rings. The monoisotopic (exact) mass is 1170 g/mol. The zero-order valence-corrected chi connectivity index (χ0v) is 45.1. The van der Waals surface area contributed by atoms with Gasteiger partial charge in [0.1, 0.15) is 60.4 Å². The maximum Gasteiger partial charge on any atom is 0.303 e. The molecule has 0 bridgehead atoms. The summed E-state index contributed by atoms with van der Waals surface area (Å²) in [4.78, 5) is 127. The molecule has 0 aromatic heterocycles. The molecule has 0 saturated carbocycles. The molecule has 3 saturated heterocycles. The summed E-state index contributed by atoms with van der Waals surface area (Å²) in [7, 11) is 0. The summed E-state index contributed by atoms with van der Waals surface area (Å²) >= 11 is 31.7. The van der Waals surface area contributed by atoms with Crippen molar-refractivity contribution in [3.05, 3.63) is 25.1 Å². The Bertz CT molecular complexity index is 2300. The van der Waals surface area contributed by atoms with Gasteiger partial charge < -0.3 is 75.8 Å². The highest BCUT2D eigenvalue weighted by molar-refractivity contribution is 6.55. The molecule has 75 heavy (non-hydrogen) atoms. The largest absolute Gasteiger partial charge is 0.463 e. The smallest absolute Gasteiger partial charge is 0.303 e. The molecule has 0 spiro atoms. The lowest BCUT2D eigenvalue weighted by molar-refractivity contribution is -0.377. The number of carbonyl (C=O) groups is 10. The molecule has 4 rings (SSSR count). The van der Waals surface area contributed by atoms with E-state index in [1.165, 1.54) is 0 Å². The van der Waals surface area contributed by atoms with Crippen LogP contribution in [0.5, 0.6) is 5.75 Å². The van der Waals surface area contributed by atoms with Gasteiger partial charge in [0.15, 0.2) is 55.0 Å². The molecule has 0 radical (unpaired) electrons. The number of halogens is 5. The van der Waals surface area contributed by atoms with Crippen LogP contribution in [-0.2, 0) is 119 Å². The van der Waals surface area contributed by atoms with Crippen molar-refractivity contribution < 1.29 is 124 Å². The fourth-order valence-corrected chi connectivity index (χ4v) is 8.87. The van der Waals surface area contributed by atoms with Crippen LogP contribution in [0.3, 0.4) is 0 Å². The van der Waals surface area contributed by atoms with E-state index < -0.39 is 187 Å². The normalized spacial score (nSPS) is 29.2. The fraction of sp³-hybridized carbons (Fsp3) is 0.636. The molecular weight excluding hydrogens is 1120 g/mol. The van der Waals surface area contributed by atoms with Crippen molar-refractivity contribution in [2.75, 3.05) is 19.8 Å². The lowest BCUT2D eigenvalue weighted by atomic mass is 9.95. The molecule has 0 aliphatic carbocycles. The first-order valence-corrected chi connectivity index (χ1v) is 24.0. The van der Waals surface area contributed by atoms with E-state index in [-0.39, 0.29) is 15.1 Å². The van der Waals surface area contributed by atoms with Gasteiger partial charge in [0.2, 0.25) is 12.4 Å². The van der Waals surface area contributed by atoms with Crippen molar-refractivity contribution in [2.45, 2.75) is 161 Å². The third-order valence-electron chi connectivity index (χ3n) is 10.2. The number of esters is 10. The van der Waals surface area contributed by atoms with E-state index in [2.05, 4.69) is 0 Å². The van der Waals surface area contributed by atoms with E-state index in [4.69, 9.17) is 134 Å². The van der Waals surface area contributed by atoms with Crippen molar-refractivity contribution in [2.24, 2.45) is 0 Å². The minimum absolute atomic E-state index is 0.277.